The molecule has 0 saturated carbocycles. The summed E-state index contributed by atoms with van der Waals surface area (Å²) in [6, 6.07) is 6.67. The molecular weight excluding hydrogens is 279 g/mol. The lowest BCUT2D eigenvalue weighted by molar-refractivity contribution is -0.137. The SMILES string of the molecule is OC(c1cccc(C(F)(F)F)c1)c1c(F)cccc1F. The molecule has 0 heterocycles. The van der Waals surface area contributed by atoms with Crippen LogP contribution in [0.5, 0.6) is 0 Å². The maximum atomic E-state index is 13.5. The van der Waals surface area contributed by atoms with E-state index in [1.807, 2.05) is 0 Å². The summed E-state index contributed by atoms with van der Waals surface area (Å²) in [6.07, 6.45) is -6.40. The number of halogens is 5. The number of hydrogen-bond acceptors (Lipinski definition) is 1. The van der Waals surface area contributed by atoms with Crippen molar-refractivity contribution in [3.05, 3.63) is 70.8 Å². The summed E-state index contributed by atoms with van der Waals surface area (Å²) in [6.45, 7) is 0. The molecule has 0 saturated heterocycles. The molecule has 0 spiro atoms. The summed E-state index contributed by atoms with van der Waals surface area (Å²) in [7, 11) is 0. The van der Waals surface area contributed by atoms with Gasteiger partial charge in [-0.15, -0.1) is 0 Å². The van der Waals surface area contributed by atoms with E-state index >= 15 is 0 Å². The monoisotopic (exact) mass is 288 g/mol. The number of benzene rings is 2. The molecule has 106 valence electrons. The van der Waals surface area contributed by atoms with E-state index in [0.717, 1.165) is 30.3 Å². The van der Waals surface area contributed by atoms with E-state index < -0.39 is 35.0 Å². The van der Waals surface area contributed by atoms with Crippen molar-refractivity contribution in [2.45, 2.75) is 12.3 Å². The molecule has 6 heteroatoms. The molecule has 2 aromatic carbocycles. The van der Waals surface area contributed by atoms with Crippen molar-refractivity contribution in [3.8, 4) is 0 Å². The van der Waals surface area contributed by atoms with Crippen molar-refractivity contribution in [1.29, 1.82) is 0 Å². The lowest BCUT2D eigenvalue weighted by atomic mass is 9.98. The highest BCUT2D eigenvalue weighted by molar-refractivity contribution is 5.35. The molecule has 0 aliphatic rings. The first-order valence-corrected chi connectivity index (χ1v) is 5.60. The maximum Gasteiger partial charge on any atom is 0.416 e. The summed E-state index contributed by atoms with van der Waals surface area (Å²) < 4.78 is 64.7. The molecular formula is C14H9F5O. The molecule has 1 nitrogen and oxygen atoms in total. The first-order valence-electron chi connectivity index (χ1n) is 5.60. The Bertz CT molecular complexity index is 601. The third-order valence-electron chi connectivity index (χ3n) is 2.80. The van der Waals surface area contributed by atoms with Gasteiger partial charge in [-0.2, -0.15) is 13.2 Å². The van der Waals surface area contributed by atoms with Crippen molar-refractivity contribution < 1.29 is 27.1 Å². The first-order chi connectivity index (χ1) is 9.30. The van der Waals surface area contributed by atoms with Crippen molar-refractivity contribution >= 4 is 0 Å². The van der Waals surface area contributed by atoms with Crippen molar-refractivity contribution in [2.24, 2.45) is 0 Å². The quantitative estimate of drug-likeness (QED) is 0.826. The summed E-state index contributed by atoms with van der Waals surface area (Å²) in [5, 5.41) is 9.90. The Morgan fingerprint density at radius 2 is 1.45 bits per heavy atom. The molecule has 0 amide bonds. The van der Waals surface area contributed by atoms with Gasteiger partial charge in [-0.25, -0.2) is 8.78 Å². The van der Waals surface area contributed by atoms with Gasteiger partial charge in [0.05, 0.1) is 11.1 Å². The molecule has 0 fully saturated rings. The zero-order valence-electron chi connectivity index (χ0n) is 9.96. The summed E-state index contributed by atoms with van der Waals surface area (Å²) in [5.74, 6) is -2.04. The fourth-order valence-electron chi connectivity index (χ4n) is 1.82. The van der Waals surface area contributed by atoms with E-state index in [9.17, 15) is 27.1 Å². The van der Waals surface area contributed by atoms with E-state index in [1.165, 1.54) is 6.07 Å². The number of aliphatic hydroxyl groups excluding tert-OH is 1. The van der Waals surface area contributed by atoms with Gasteiger partial charge in [0.2, 0.25) is 0 Å². The van der Waals surface area contributed by atoms with Gasteiger partial charge < -0.3 is 5.11 Å². The fourth-order valence-corrected chi connectivity index (χ4v) is 1.82. The summed E-state index contributed by atoms with van der Waals surface area (Å²) in [5.41, 5.74) is -1.90. The van der Waals surface area contributed by atoms with Crippen LogP contribution in [0.15, 0.2) is 42.5 Å². The summed E-state index contributed by atoms with van der Waals surface area (Å²) in [4.78, 5) is 0. The highest BCUT2D eigenvalue weighted by Crippen LogP contribution is 2.33. The van der Waals surface area contributed by atoms with E-state index in [-0.39, 0.29) is 5.56 Å². The van der Waals surface area contributed by atoms with Gasteiger partial charge in [0, 0.05) is 0 Å². The standard InChI is InChI=1S/C14H9F5O/c15-10-5-2-6-11(16)12(10)13(20)8-3-1-4-9(7-8)14(17,18)19/h1-7,13,20H. The minimum atomic E-state index is -4.59. The molecule has 1 unspecified atom stereocenters. The van der Waals surface area contributed by atoms with E-state index in [1.54, 1.807) is 0 Å². The van der Waals surface area contributed by atoms with Gasteiger partial charge in [0.25, 0.3) is 0 Å². The van der Waals surface area contributed by atoms with Crippen LogP contribution in [0, 0.1) is 11.6 Å². The molecule has 0 radical (unpaired) electrons. The second-order valence-corrected chi connectivity index (χ2v) is 4.16. The summed E-state index contributed by atoms with van der Waals surface area (Å²) >= 11 is 0. The molecule has 0 aromatic heterocycles. The van der Waals surface area contributed by atoms with Gasteiger partial charge in [0.15, 0.2) is 0 Å². The Morgan fingerprint density at radius 1 is 0.900 bits per heavy atom. The van der Waals surface area contributed by atoms with E-state index in [4.69, 9.17) is 0 Å². The predicted octanol–water partition coefficient (Wildman–Crippen LogP) is 4.07. The van der Waals surface area contributed by atoms with Crippen LogP contribution < -0.4 is 0 Å². The largest absolute Gasteiger partial charge is 0.416 e. The number of hydrogen-bond donors (Lipinski definition) is 1. The number of aliphatic hydroxyl groups is 1. The number of alkyl halides is 3. The molecule has 2 aromatic rings. The van der Waals surface area contributed by atoms with Gasteiger partial charge in [-0.05, 0) is 29.8 Å². The Balaban J connectivity index is 2.46. The van der Waals surface area contributed by atoms with Crippen LogP contribution in [0.2, 0.25) is 0 Å². The van der Waals surface area contributed by atoms with Gasteiger partial charge >= 0.3 is 6.18 Å². The number of rotatable bonds is 2. The van der Waals surface area contributed by atoms with E-state index in [0.29, 0.717) is 6.07 Å². The van der Waals surface area contributed by atoms with Crippen molar-refractivity contribution in [1.82, 2.24) is 0 Å². The zero-order valence-corrected chi connectivity index (χ0v) is 9.96. The van der Waals surface area contributed by atoms with Crippen molar-refractivity contribution in [3.63, 3.8) is 0 Å². The Morgan fingerprint density at radius 3 is 2.00 bits per heavy atom. The van der Waals surface area contributed by atoms with Crippen LogP contribution in [0.25, 0.3) is 0 Å². The molecule has 2 rings (SSSR count). The second-order valence-electron chi connectivity index (χ2n) is 4.16. The third-order valence-corrected chi connectivity index (χ3v) is 2.80. The zero-order chi connectivity index (χ0) is 14.9. The molecule has 0 aliphatic carbocycles. The Hall–Kier alpha value is -1.95. The third kappa shape index (κ3) is 2.80. The lowest BCUT2D eigenvalue weighted by Gasteiger charge is -2.15. The molecule has 1 atom stereocenters. The minimum absolute atomic E-state index is 0.233. The van der Waals surface area contributed by atoms with Crippen LogP contribution in [0.3, 0.4) is 0 Å². The topological polar surface area (TPSA) is 20.2 Å². The van der Waals surface area contributed by atoms with Crippen LogP contribution in [0.1, 0.15) is 22.8 Å². The van der Waals surface area contributed by atoms with Gasteiger partial charge in [0.1, 0.15) is 17.7 Å². The molecule has 0 aliphatic heterocycles. The highest BCUT2D eigenvalue weighted by atomic mass is 19.4. The van der Waals surface area contributed by atoms with Crippen LogP contribution >= 0.6 is 0 Å². The minimum Gasteiger partial charge on any atom is -0.383 e. The second kappa shape index (κ2) is 5.20. The fraction of sp³-hybridized carbons (Fsp3) is 0.143. The van der Waals surface area contributed by atoms with Gasteiger partial charge in [-0.1, -0.05) is 18.2 Å². The smallest absolute Gasteiger partial charge is 0.383 e. The average molecular weight is 288 g/mol. The van der Waals surface area contributed by atoms with Crippen molar-refractivity contribution in [2.75, 3.05) is 0 Å². The Labute approximate surface area is 111 Å². The maximum absolute atomic E-state index is 13.5. The van der Waals surface area contributed by atoms with Gasteiger partial charge in [-0.3, -0.25) is 0 Å². The lowest BCUT2D eigenvalue weighted by Crippen LogP contribution is -2.09. The first kappa shape index (κ1) is 14.5. The molecule has 20 heavy (non-hydrogen) atoms. The normalized spacial score (nSPS) is 13.3. The Kier molecular flexibility index (Phi) is 3.76. The average Bonchev–Trinajstić information content (AvgIpc) is 2.37. The molecule has 1 N–H and O–H groups in total. The van der Waals surface area contributed by atoms with E-state index in [2.05, 4.69) is 0 Å². The van der Waals surface area contributed by atoms with Crippen LogP contribution in [-0.4, -0.2) is 5.11 Å². The predicted molar refractivity (Wildman–Crippen MR) is 61.9 cm³/mol. The molecule has 0 bridgehead atoms. The highest BCUT2D eigenvalue weighted by Gasteiger charge is 2.31. The van der Waals surface area contributed by atoms with Crippen LogP contribution in [-0.2, 0) is 6.18 Å². The van der Waals surface area contributed by atoms with Crippen LogP contribution in [0.4, 0.5) is 22.0 Å².